The molecule has 0 spiro atoms. The van der Waals surface area contributed by atoms with E-state index in [1.807, 2.05) is 0 Å². The number of carboxylic acids is 1. The number of fused-ring (bicyclic) bond motifs is 2. The molecular weight excluding hydrogens is 924 g/mol. The lowest BCUT2D eigenvalue weighted by Crippen LogP contribution is -2.63. The van der Waals surface area contributed by atoms with Gasteiger partial charge in [0.15, 0.2) is 81.6 Å². The molecule has 1 fully saturated rings. The third kappa shape index (κ3) is 8.58. The predicted molar refractivity (Wildman–Crippen MR) is 207 cm³/mol. The van der Waals surface area contributed by atoms with Crippen molar-refractivity contribution in [3.63, 3.8) is 0 Å². The van der Waals surface area contributed by atoms with Crippen LogP contribution in [-0.4, -0.2) is 152 Å². The maximum Gasteiger partial charge on any atom is 0.341 e. The van der Waals surface area contributed by atoms with Crippen LogP contribution in [-0.2, 0) is 42.8 Å². The number of esters is 6. The Morgan fingerprint density at radius 2 is 1.04 bits per heavy atom. The molecule has 8 atom stereocenters. The summed E-state index contributed by atoms with van der Waals surface area (Å²) in [6, 6.07) is 3.84. The number of aliphatic carboxylic acids is 1. The Balaban J connectivity index is 1.44. The minimum atomic E-state index is -2.57. The summed E-state index contributed by atoms with van der Waals surface area (Å²) in [6.07, 6.45) is -16.3. The maximum absolute atomic E-state index is 14.5. The molecule has 3 heterocycles. The number of aliphatic hydroxyl groups excluding tert-OH is 1. The van der Waals surface area contributed by atoms with E-state index in [9.17, 15) is 99.9 Å². The number of rotatable bonds is 9. The van der Waals surface area contributed by atoms with Gasteiger partial charge in [-0.05, 0) is 42.5 Å². The number of hydrogen-bond acceptors (Lipinski definition) is 26. The van der Waals surface area contributed by atoms with Gasteiger partial charge in [0.1, 0.15) is 12.7 Å². The van der Waals surface area contributed by atoms with Gasteiger partial charge >= 0.3 is 41.8 Å². The molecule has 0 radical (unpaired) electrons. The molecule has 3 aliphatic heterocycles. The van der Waals surface area contributed by atoms with Crippen LogP contribution in [0.25, 0.3) is 0 Å². The highest BCUT2D eigenvalue weighted by Crippen LogP contribution is 2.51. The molecule has 2 bridgehead atoms. The van der Waals surface area contributed by atoms with Gasteiger partial charge in [-0.25, -0.2) is 24.0 Å². The van der Waals surface area contributed by atoms with Crippen LogP contribution in [0.5, 0.6) is 69.0 Å². The highest BCUT2D eigenvalue weighted by Gasteiger charge is 2.57. The van der Waals surface area contributed by atoms with E-state index < -0.39 is 200 Å². The zero-order valence-electron chi connectivity index (χ0n) is 33.6. The smallest absolute Gasteiger partial charge is 0.341 e. The molecule has 0 aliphatic carbocycles. The highest BCUT2D eigenvalue weighted by atomic mass is 16.7. The number of aromatic hydroxyl groups is 11. The summed E-state index contributed by atoms with van der Waals surface area (Å²) < 4.78 is 38.6. The normalized spacial score (nSPS) is 23.0. The van der Waals surface area contributed by atoms with Crippen LogP contribution < -0.4 is 4.74 Å². The van der Waals surface area contributed by atoms with Crippen molar-refractivity contribution in [2.75, 3.05) is 6.61 Å². The Bertz CT molecular complexity index is 2750. The minimum absolute atomic E-state index is 0.449. The van der Waals surface area contributed by atoms with Crippen LogP contribution in [0.4, 0.5) is 0 Å². The molecule has 4 aromatic carbocycles. The fourth-order valence-corrected chi connectivity index (χ4v) is 7.37. The zero-order valence-corrected chi connectivity index (χ0v) is 33.6. The minimum Gasteiger partial charge on any atom is -0.504 e. The number of carboxylic acid groups (broad SMARTS) is 1. The lowest BCUT2D eigenvalue weighted by atomic mass is 9.76. The Kier molecular flexibility index (Phi) is 12.2. The molecule has 1 saturated heterocycles. The molecule has 3 aliphatic rings. The number of carbonyl (C=O) groups is 7. The van der Waals surface area contributed by atoms with Gasteiger partial charge < -0.3 is 99.5 Å². The molecule has 0 saturated carbocycles. The number of phenols is 11. The molecular formula is C41H32O27. The van der Waals surface area contributed by atoms with Gasteiger partial charge in [-0.2, -0.15) is 0 Å². The SMILES string of the molecule is O=C(O)CC1C(=O)OC2C(COC(=O)c3cc(O)c(O)c(O)c3)OC(OC(=O)c3cc(O)c(O)c(O)c3)C(OC(=O)c3cc(O)c(O)c4c3C1[C@H](O)C(=O)O4)C2OC(=O)c1cc(O)c(O)c(O)c1. The van der Waals surface area contributed by atoms with Crippen LogP contribution in [0.15, 0.2) is 42.5 Å². The van der Waals surface area contributed by atoms with Gasteiger partial charge in [-0.3, -0.25) is 9.59 Å². The molecule has 13 N–H and O–H groups in total. The first-order chi connectivity index (χ1) is 32.0. The van der Waals surface area contributed by atoms with E-state index >= 15 is 0 Å². The zero-order chi connectivity index (χ0) is 49.8. The molecule has 7 unspecified atom stereocenters. The fraction of sp³-hybridized carbons (Fsp3) is 0.244. The predicted octanol–water partition coefficient (Wildman–Crippen LogP) is 0.0179. The first kappa shape index (κ1) is 46.9. The number of carbonyl (C=O) groups excluding carboxylic acids is 6. The lowest BCUT2D eigenvalue weighted by molar-refractivity contribution is -0.287. The van der Waals surface area contributed by atoms with E-state index in [-0.39, 0.29) is 0 Å². The van der Waals surface area contributed by atoms with Crippen molar-refractivity contribution in [2.45, 2.75) is 49.1 Å². The van der Waals surface area contributed by atoms with Crippen molar-refractivity contribution in [2.24, 2.45) is 5.92 Å². The molecule has 68 heavy (non-hydrogen) atoms. The van der Waals surface area contributed by atoms with Crippen LogP contribution in [0, 0.1) is 5.92 Å². The number of phenolic OH excluding ortho intramolecular Hbond substituents is 11. The Hall–Kier alpha value is -9.11. The standard InChI is InChI=1S/C41H32O27/c42-15-1-10(2-16(43)26(15)51)35(56)62-9-22-31-33(66-36(57)11-3-17(44)27(52)18(45)4-11)34(41(63-22)68-37(58)12-5-19(46)28(53)20(47)6-12)67-38(59)13-7-21(48)29(54)32-25(13)24(30(55)40(61)65-32)14(8-23(49)50)39(60)64-31/h1-7,14,22,24,30-31,33-34,41-48,51-55H,8-9H2,(H,49,50)/t14?,22?,24?,30-,31?,33?,34?,41?/m0/s1. The van der Waals surface area contributed by atoms with Crippen LogP contribution in [0.1, 0.15) is 59.3 Å². The first-order valence-electron chi connectivity index (χ1n) is 19.1. The topological polar surface area (TPSA) is 447 Å². The van der Waals surface area contributed by atoms with Crippen molar-refractivity contribution in [1.29, 1.82) is 0 Å². The number of benzene rings is 4. The monoisotopic (exact) mass is 956 g/mol. The summed E-state index contributed by atoms with van der Waals surface area (Å²) in [5, 5.41) is 133. The number of ether oxygens (including phenoxy) is 7. The van der Waals surface area contributed by atoms with Gasteiger partial charge in [-0.15, -0.1) is 0 Å². The average molecular weight is 957 g/mol. The third-order valence-corrected chi connectivity index (χ3v) is 10.6. The lowest BCUT2D eigenvalue weighted by Gasteiger charge is -2.44. The van der Waals surface area contributed by atoms with Crippen molar-refractivity contribution in [3.05, 3.63) is 70.3 Å². The summed E-state index contributed by atoms with van der Waals surface area (Å²) in [7, 11) is 0. The van der Waals surface area contributed by atoms with E-state index in [2.05, 4.69) is 0 Å². The van der Waals surface area contributed by atoms with Crippen LogP contribution in [0.2, 0.25) is 0 Å². The second kappa shape index (κ2) is 17.7. The Morgan fingerprint density at radius 1 is 0.574 bits per heavy atom. The molecule has 358 valence electrons. The number of hydrogen-bond donors (Lipinski definition) is 13. The van der Waals surface area contributed by atoms with E-state index in [1.54, 1.807) is 0 Å². The van der Waals surface area contributed by atoms with Gasteiger partial charge in [-0.1, -0.05) is 0 Å². The van der Waals surface area contributed by atoms with Crippen molar-refractivity contribution in [3.8, 4) is 69.0 Å². The van der Waals surface area contributed by atoms with E-state index in [1.165, 1.54) is 0 Å². The van der Waals surface area contributed by atoms with Gasteiger partial charge in [0.25, 0.3) is 0 Å². The average Bonchev–Trinajstić information content (AvgIpc) is 3.28. The van der Waals surface area contributed by atoms with Crippen LogP contribution in [0.3, 0.4) is 0 Å². The molecule has 0 aromatic heterocycles. The molecule has 27 heteroatoms. The molecule has 7 rings (SSSR count). The van der Waals surface area contributed by atoms with Gasteiger partial charge in [0, 0.05) is 11.5 Å². The molecule has 4 aromatic rings. The summed E-state index contributed by atoms with van der Waals surface area (Å²) in [5.41, 5.74) is -4.15. The summed E-state index contributed by atoms with van der Waals surface area (Å²) in [5.74, 6) is -29.8. The summed E-state index contributed by atoms with van der Waals surface area (Å²) in [4.78, 5) is 95.4. The number of aliphatic hydroxyl groups is 1. The summed E-state index contributed by atoms with van der Waals surface area (Å²) in [6.45, 7) is -1.28. The maximum atomic E-state index is 14.5. The van der Waals surface area contributed by atoms with Gasteiger partial charge in [0.2, 0.25) is 18.1 Å². The second-order valence-corrected chi connectivity index (χ2v) is 14.9. The summed E-state index contributed by atoms with van der Waals surface area (Å²) >= 11 is 0. The first-order valence-corrected chi connectivity index (χ1v) is 19.1. The largest absolute Gasteiger partial charge is 0.504 e. The fourth-order valence-electron chi connectivity index (χ4n) is 7.37. The van der Waals surface area contributed by atoms with E-state index in [4.69, 9.17) is 33.2 Å². The molecule has 27 nitrogen and oxygen atoms in total. The van der Waals surface area contributed by atoms with E-state index in [0.29, 0.717) is 42.5 Å². The van der Waals surface area contributed by atoms with Crippen molar-refractivity contribution >= 4 is 41.8 Å². The Labute approximate surface area is 375 Å². The van der Waals surface area contributed by atoms with E-state index in [0.717, 1.165) is 0 Å². The highest BCUT2D eigenvalue weighted by molar-refractivity contribution is 5.98. The van der Waals surface area contributed by atoms with Crippen molar-refractivity contribution < 1.29 is 133 Å². The van der Waals surface area contributed by atoms with Crippen molar-refractivity contribution in [1.82, 2.24) is 0 Å². The van der Waals surface area contributed by atoms with Gasteiger partial charge in [0.05, 0.1) is 34.6 Å². The Morgan fingerprint density at radius 3 is 1.54 bits per heavy atom. The third-order valence-electron chi connectivity index (χ3n) is 10.6. The van der Waals surface area contributed by atoms with Crippen LogP contribution >= 0.6 is 0 Å². The molecule has 0 amide bonds. The quantitative estimate of drug-likeness (QED) is 0.0455. The second-order valence-electron chi connectivity index (χ2n) is 14.9.